The standard InChI is InChI=1S/C14H22O6/c1-7-3-4-9-10(15)11(16)17-12-14(9)8(7)5-6-13(2,18-12)19-20-14/h7-12,15-16H,3-6H2,1-2H3/t7-,8+,9+,10-,11?,12-,13?,14-/m1/s1. The van der Waals surface area contributed by atoms with Gasteiger partial charge in [0.05, 0.1) is 0 Å². The highest BCUT2D eigenvalue weighted by molar-refractivity contribution is 5.09. The third-order valence-electron chi connectivity index (χ3n) is 5.74. The highest BCUT2D eigenvalue weighted by Gasteiger charge is 2.69. The molecule has 2 N–H and O–H groups in total. The lowest BCUT2D eigenvalue weighted by molar-refractivity contribution is -0.577. The average Bonchev–Trinajstić information content (AvgIpc) is 2.63. The van der Waals surface area contributed by atoms with Crippen LogP contribution in [0.3, 0.4) is 0 Å². The van der Waals surface area contributed by atoms with E-state index in [9.17, 15) is 10.2 Å². The van der Waals surface area contributed by atoms with Gasteiger partial charge in [0.25, 0.3) is 0 Å². The Bertz CT molecular complexity index is 412. The van der Waals surface area contributed by atoms with Crippen molar-refractivity contribution in [1.29, 1.82) is 0 Å². The number of aliphatic hydroxyl groups excluding tert-OH is 2. The SMILES string of the molecule is C[C@@H]1CC[C@H]2[C@@H](O)C(O)O[C@@H]3OC4(C)CC[C@@H]1[C@]32OO4. The van der Waals surface area contributed by atoms with Gasteiger partial charge in [0.2, 0.25) is 5.79 Å². The van der Waals surface area contributed by atoms with E-state index in [0.29, 0.717) is 5.92 Å². The maximum atomic E-state index is 10.3. The van der Waals surface area contributed by atoms with Crippen LogP contribution in [0.25, 0.3) is 0 Å². The molecule has 5 rings (SSSR count). The van der Waals surface area contributed by atoms with Crippen LogP contribution in [0, 0.1) is 17.8 Å². The quantitative estimate of drug-likeness (QED) is 0.645. The molecular formula is C14H22O6. The molecule has 4 saturated heterocycles. The first kappa shape index (κ1) is 13.4. The summed E-state index contributed by atoms with van der Waals surface area (Å²) in [7, 11) is 0. The van der Waals surface area contributed by atoms with Gasteiger partial charge in [-0.1, -0.05) is 6.92 Å². The van der Waals surface area contributed by atoms with Gasteiger partial charge < -0.3 is 19.7 Å². The lowest BCUT2D eigenvalue weighted by Crippen LogP contribution is -2.72. The predicted octanol–water partition coefficient (Wildman–Crippen LogP) is 0.911. The molecule has 0 aromatic rings. The second-order valence-electron chi connectivity index (χ2n) is 6.93. The van der Waals surface area contributed by atoms with Gasteiger partial charge in [-0.2, -0.15) is 0 Å². The molecule has 0 aromatic heterocycles. The molecular weight excluding hydrogens is 264 g/mol. The van der Waals surface area contributed by atoms with E-state index in [2.05, 4.69) is 6.92 Å². The molecule has 20 heavy (non-hydrogen) atoms. The molecule has 1 saturated carbocycles. The van der Waals surface area contributed by atoms with Crippen molar-refractivity contribution in [2.75, 3.05) is 0 Å². The van der Waals surface area contributed by atoms with Gasteiger partial charge in [0.1, 0.15) is 6.10 Å². The van der Waals surface area contributed by atoms with Crippen LogP contribution in [0.5, 0.6) is 0 Å². The summed E-state index contributed by atoms with van der Waals surface area (Å²) in [5.74, 6) is -0.398. The zero-order valence-corrected chi connectivity index (χ0v) is 11.8. The zero-order chi connectivity index (χ0) is 14.1. The molecule has 114 valence electrons. The number of aliphatic hydroxyl groups is 2. The largest absolute Gasteiger partial charge is 0.387 e. The van der Waals surface area contributed by atoms with Crippen molar-refractivity contribution in [2.45, 2.75) is 69.6 Å². The van der Waals surface area contributed by atoms with E-state index in [1.807, 2.05) is 6.92 Å². The second kappa shape index (κ2) is 4.15. The van der Waals surface area contributed by atoms with Gasteiger partial charge in [-0.25, -0.2) is 9.78 Å². The monoisotopic (exact) mass is 286 g/mol. The molecule has 4 heterocycles. The lowest BCUT2D eigenvalue weighted by atomic mass is 9.60. The van der Waals surface area contributed by atoms with Gasteiger partial charge in [-0.15, -0.1) is 0 Å². The first-order chi connectivity index (χ1) is 9.46. The number of hydrogen-bond donors (Lipinski definition) is 2. The maximum Gasteiger partial charge on any atom is 0.201 e. The van der Waals surface area contributed by atoms with Gasteiger partial charge >= 0.3 is 0 Å². The van der Waals surface area contributed by atoms with E-state index in [1.165, 1.54) is 0 Å². The van der Waals surface area contributed by atoms with Crippen molar-refractivity contribution in [3.8, 4) is 0 Å². The van der Waals surface area contributed by atoms with Gasteiger partial charge in [-0.3, -0.25) is 0 Å². The Kier molecular flexibility index (Phi) is 2.79. The van der Waals surface area contributed by atoms with Crippen LogP contribution < -0.4 is 0 Å². The first-order valence-electron chi connectivity index (χ1n) is 7.52. The molecule has 8 atom stereocenters. The van der Waals surface area contributed by atoms with E-state index < -0.39 is 30.1 Å². The highest BCUT2D eigenvalue weighted by Crippen LogP contribution is 2.59. The Hall–Kier alpha value is -0.240. The molecule has 2 unspecified atom stereocenters. The average molecular weight is 286 g/mol. The fourth-order valence-electron chi connectivity index (χ4n) is 4.61. The van der Waals surface area contributed by atoms with Crippen LogP contribution in [-0.4, -0.2) is 40.3 Å². The van der Waals surface area contributed by atoms with Crippen molar-refractivity contribution in [2.24, 2.45) is 17.8 Å². The summed E-state index contributed by atoms with van der Waals surface area (Å²) in [6, 6.07) is 0. The molecule has 0 aromatic carbocycles. The zero-order valence-electron chi connectivity index (χ0n) is 11.8. The molecule has 5 aliphatic rings. The fraction of sp³-hybridized carbons (Fsp3) is 1.00. The van der Waals surface area contributed by atoms with Crippen LogP contribution in [0.4, 0.5) is 0 Å². The Labute approximate surface area is 117 Å². The number of fused-ring (bicyclic) bond motifs is 2. The van der Waals surface area contributed by atoms with Gasteiger partial charge in [0, 0.05) is 12.3 Å². The van der Waals surface area contributed by atoms with E-state index in [0.717, 1.165) is 25.7 Å². The van der Waals surface area contributed by atoms with E-state index >= 15 is 0 Å². The van der Waals surface area contributed by atoms with Crippen LogP contribution in [-0.2, 0) is 19.2 Å². The lowest BCUT2D eigenvalue weighted by Gasteiger charge is -2.59. The topological polar surface area (TPSA) is 77.4 Å². The minimum atomic E-state index is -1.23. The van der Waals surface area contributed by atoms with Gasteiger partial charge in [-0.05, 0) is 38.0 Å². The predicted molar refractivity (Wildman–Crippen MR) is 65.9 cm³/mol. The minimum absolute atomic E-state index is 0.206. The molecule has 0 amide bonds. The Morgan fingerprint density at radius 3 is 2.65 bits per heavy atom. The van der Waals surface area contributed by atoms with E-state index in [-0.39, 0.29) is 11.8 Å². The molecule has 1 spiro atoms. The summed E-state index contributed by atoms with van der Waals surface area (Å²) >= 11 is 0. The van der Waals surface area contributed by atoms with Crippen LogP contribution >= 0.6 is 0 Å². The third kappa shape index (κ3) is 1.55. The summed E-state index contributed by atoms with van der Waals surface area (Å²) in [5, 5.41) is 20.3. The molecule has 2 bridgehead atoms. The molecule has 6 heteroatoms. The van der Waals surface area contributed by atoms with Crippen LogP contribution in [0.2, 0.25) is 0 Å². The van der Waals surface area contributed by atoms with Crippen molar-refractivity contribution in [3.63, 3.8) is 0 Å². The van der Waals surface area contributed by atoms with E-state index in [4.69, 9.17) is 19.2 Å². The molecule has 4 aliphatic heterocycles. The van der Waals surface area contributed by atoms with Crippen molar-refractivity contribution >= 4 is 0 Å². The second-order valence-corrected chi connectivity index (χ2v) is 6.93. The molecule has 1 aliphatic carbocycles. The summed E-state index contributed by atoms with van der Waals surface area (Å²) in [5.41, 5.74) is -0.799. The van der Waals surface area contributed by atoms with Crippen LogP contribution in [0.15, 0.2) is 0 Å². The first-order valence-corrected chi connectivity index (χ1v) is 7.52. The number of rotatable bonds is 0. The molecule has 6 nitrogen and oxygen atoms in total. The maximum absolute atomic E-state index is 10.3. The summed E-state index contributed by atoms with van der Waals surface area (Å²) in [6.45, 7) is 4.03. The van der Waals surface area contributed by atoms with Gasteiger partial charge in [0.15, 0.2) is 18.2 Å². The number of hydrogen-bond acceptors (Lipinski definition) is 6. The molecule has 0 radical (unpaired) electrons. The summed E-state index contributed by atoms with van der Waals surface area (Å²) < 4.78 is 11.5. The Morgan fingerprint density at radius 2 is 1.85 bits per heavy atom. The number of ether oxygens (including phenoxy) is 2. The fourth-order valence-corrected chi connectivity index (χ4v) is 4.61. The smallest absolute Gasteiger partial charge is 0.201 e. The Balaban J connectivity index is 1.82. The summed E-state index contributed by atoms with van der Waals surface area (Å²) in [4.78, 5) is 11.4. The molecule has 5 fully saturated rings. The van der Waals surface area contributed by atoms with Crippen molar-refractivity contribution in [1.82, 2.24) is 0 Å². The van der Waals surface area contributed by atoms with Crippen molar-refractivity contribution < 1.29 is 29.5 Å². The van der Waals surface area contributed by atoms with E-state index in [1.54, 1.807) is 0 Å². The van der Waals surface area contributed by atoms with Crippen molar-refractivity contribution in [3.05, 3.63) is 0 Å². The van der Waals surface area contributed by atoms with Crippen LogP contribution in [0.1, 0.15) is 39.5 Å². The normalized spacial score (nSPS) is 61.8. The highest BCUT2D eigenvalue weighted by atomic mass is 17.3. The minimum Gasteiger partial charge on any atom is -0.387 e. The Morgan fingerprint density at radius 1 is 1.05 bits per heavy atom. The third-order valence-corrected chi connectivity index (χ3v) is 5.74. The summed E-state index contributed by atoms with van der Waals surface area (Å²) in [6.07, 6.45) is 0.554.